The van der Waals surface area contributed by atoms with Crippen molar-refractivity contribution in [3.63, 3.8) is 0 Å². The Morgan fingerprint density at radius 1 is 1.40 bits per heavy atom. The minimum absolute atomic E-state index is 0.165. The summed E-state index contributed by atoms with van der Waals surface area (Å²) in [5, 5.41) is 0. The summed E-state index contributed by atoms with van der Waals surface area (Å²) in [6, 6.07) is 0. The molecule has 0 fully saturated rings. The van der Waals surface area contributed by atoms with Gasteiger partial charge in [0.15, 0.2) is 0 Å². The minimum atomic E-state index is -2.28. The lowest BCUT2D eigenvalue weighted by Gasteiger charge is -2.22. The fourth-order valence-electron chi connectivity index (χ4n) is 0.546. The van der Waals surface area contributed by atoms with E-state index in [2.05, 4.69) is 15.3 Å². The molecule has 0 aliphatic carbocycles. The summed E-state index contributed by atoms with van der Waals surface area (Å²) < 4.78 is 16.7. The Morgan fingerprint density at radius 3 is 1.90 bits per heavy atom. The summed E-state index contributed by atoms with van der Waals surface area (Å²) in [6.45, 7) is 5.82. The van der Waals surface area contributed by atoms with Gasteiger partial charge in [0.05, 0.1) is 9.89 Å². The van der Waals surface area contributed by atoms with E-state index in [1.807, 2.05) is 20.8 Å². The first-order valence-corrected chi connectivity index (χ1v) is 4.84. The third-order valence-corrected chi connectivity index (χ3v) is 2.40. The molecular formula is C6H16N2OS. The molecule has 0 aromatic carbocycles. The Balaban J connectivity index is 4.18. The first-order valence-electron chi connectivity index (χ1n) is 3.11. The third-order valence-electron chi connectivity index (χ3n) is 0.801. The number of hydrogen-bond acceptors (Lipinski definition) is 1. The standard InChI is InChI=1S/C6H16N2OS/c1-6(2,3)8-10(5,9)7-4/h5H2,1-4H3,(H2,7,8,9). The molecule has 0 aromatic heterocycles. The lowest BCUT2D eigenvalue weighted by molar-refractivity contribution is 0.516. The van der Waals surface area contributed by atoms with Crippen molar-refractivity contribution in [2.75, 3.05) is 7.05 Å². The van der Waals surface area contributed by atoms with Crippen LogP contribution in [0.1, 0.15) is 20.8 Å². The van der Waals surface area contributed by atoms with Crippen molar-refractivity contribution in [2.45, 2.75) is 26.3 Å². The molecule has 10 heavy (non-hydrogen) atoms. The van der Waals surface area contributed by atoms with E-state index < -0.39 is 9.89 Å². The molecule has 0 saturated carbocycles. The van der Waals surface area contributed by atoms with Crippen molar-refractivity contribution in [2.24, 2.45) is 0 Å². The molecular weight excluding hydrogens is 148 g/mol. The molecule has 0 aliphatic rings. The zero-order chi connectivity index (χ0) is 8.41. The second-order valence-electron chi connectivity index (χ2n) is 3.23. The summed E-state index contributed by atoms with van der Waals surface area (Å²) in [7, 11) is -0.658. The van der Waals surface area contributed by atoms with Crippen LogP contribution >= 0.6 is 0 Å². The van der Waals surface area contributed by atoms with E-state index in [4.69, 9.17) is 0 Å². The van der Waals surface area contributed by atoms with Crippen molar-refractivity contribution >= 4 is 15.8 Å². The van der Waals surface area contributed by atoms with Crippen LogP contribution < -0.4 is 9.44 Å². The first kappa shape index (κ1) is 9.94. The van der Waals surface area contributed by atoms with E-state index in [1.54, 1.807) is 7.05 Å². The van der Waals surface area contributed by atoms with Crippen LogP contribution in [-0.4, -0.2) is 22.7 Å². The van der Waals surface area contributed by atoms with Gasteiger partial charge in [-0.2, -0.15) is 0 Å². The third kappa shape index (κ3) is 4.78. The maximum absolute atomic E-state index is 11.2. The average molecular weight is 164 g/mol. The molecule has 1 atom stereocenters. The highest BCUT2D eigenvalue weighted by Crippen LogP contribution is 1.99. The summed E-state index contributed by atoms with van der Waals surface area (Å²) in [4.78, 5) is 0. The second kappa shape index (κ2) is 2.90. The lowest BCUT2D eigenvalue weighted by Crippen LogP contribution is -2.45. The fraction of sp³-hybridized carbons (Fsp3) is 0.833. The molecule has 4 heteroatoms. The second-order valence-corrected chi connectivity index (χ2v) is 5.19. The Labute approximate surface area is 63.5 Å². The molecule has 0 spiro atoms. The summed E-state index contributed by atoms with van der Waals surface area (Å²) in [5.74, 6) is 3.48. The summed E-state index contributed by atoms with van der Waals surface area (Å²) in [6.07, 6.45) is 0. The molecule has 1 unspecified atom stereocenters. The summed E-state index contributed by atoms with van der Waals surface area (Å²) in [5.41, 5.74) is -0.165. The fourth-order valence-corrected chi connectivity index (χ4v) is 1.64. The van der Waals surface area contributed by atoms with Gasteiger partial charge in [0.1, 0.15) is 0 Å². The molecule has 0 heterocycles. The van der Waals surface area contributed by atoms with E-state index in [1.165, 1.54) is 0 Å². The van der Waals surface area contributed by atoms with Gasteiger partial charge >= 0.3 is 0 Å². The zero-order valence-electron chi connectivity index (χ0n) is 7.02. The predicted molar refractivity (Wildman–Crippen MR) is 47.2 cm³/mol. The minimum Gasteiger partial charge on any atom is -0.237 e. The van der Waals surface area contributed by atoms with Gasteiger partial charge in [0, 0.05) is 5.54 Å². The highest BCUT2D eigenvalue weighted by atomic mass is 32.2. The van der Waals surface area contributed by atoms with Crippen molar-refractivity contribution in [1.82, 2.24) is 9.44 Å². The van der Waals surface area contributed by atoms with E-state index in [9.17, 15) is 4.21 Å². The topological polar surface area (TPSA) is 41.1 Å². The van der Waals surface area contributed by atoms with Crippen LogP contribution in [-0.2, 0) is 9.89 Å². The van der Waals surface area contributed by atoms with Crippen LogP contribution in [0.2, 0.25) is 0 Å². The molecule has 3 nitrogen and oxygen atoms in total. The maximum Gasteiger partial charge on any atom is 0.0853 e. The van der Waals surface area contributed by atoms with Gasteiger partial charge in [0.2, 0.25) is 0 Å². The zero-order valence-corrected chi connectivity index (χ0v) is 7.84. The predicted octanol–water partition coefficient (Wildman–Crippen LogP) is 0.140. The molecule has 0 aliphatic heterocycles. The average Bonchev–Trinajstić information content (AvgIpc) is 1.60. The molecule has 0 amide bonds. The van der Waals surface area contributed by atoms with Gasteiger partial charge in [0.25, 0.3) is 0 Å². The van der Waals surface area contributed by atoms with Gasteiger partial charge < -0.3 is 0 Å². The molecule has 0 aromatic rings. The van der Waals surface area contributed by atoms with Gasteiger partial charge in [-0.3, -0.25) is 0 Å². The van der Waals surface area contributed by atoms with E-state index in [0.717, 1.165) is 0 Å². The maximum atomic E-state index is 11.2. The van der Waals surface area contributed by atoms with Crippen LogP contribution in [0, 0.1) is 0 Å². The molecule has 0 rings (SSSR count). The Kier molecular flexibility index (Phi) is 2.88. The van der Waals surface area contributed by atoms with Crippen LogP contribution in [0.4, 0.5) is 0 Å². The van der Waals surface area contributed by atoms with Crippen LogP contribution in [0.25, 0.3) is 0 Å². The molecule has 2 N–H and O–H groups in total. The SMILES string of the molecule is C=S(=O)(NC)NC(C)(C)C. The van der Waals surface area contributed by atoms with Crippen molar-refractivity contribution in [3.8, 4) is 0 Å². The van der Waals surface area contributed by atoms with Crippen LogP contribution in [0.5, 0.6) is 0 Å². The Morgan fingerprint density at radius 2 is 1.80 bits per heavy atom. The number of nitrogens with one attached hydrogen (secondary N) is 2. The lowest BCUT2D eigenvalue weighted by atomic mass is 10.1. The van der Waals surface area contributed by atoms with E-state index >= 15 is 0 Å². The van der Waals surface area contributed by atoms with Gasteiger partial charge in [-0.25, -0.2) is 13.7 Å². The Hall–Kier alpha value is -0.0600. The van der Waals surface area contributed by atoms with E-state index in [-0.39, 0.29) is 5.54 Å². The largest absolute Gasteiger partial charge is 0.237 e. The highest BCUT2D eigenvalue weighted by Gasteiger charge is 2.12. The normalized spacial score (nSPS) is 18.4. The summed E-state index contributed by atoms with van der Waals surface area (Å²) >= 11 is 0. The number of hydrogen-bond donors (Lipinski definition) is 2. The Bertz CT molecular complexity index is 188. The van der Waals surface area contributed by atoms with Gasteiger partial charge in [-0.05, 0) is 33.7 Å². The highest BCUT2D eigenvalue weighted by molar-refractivity contribution is 7.96. The smallest absolute Gasteiger partial charge is 0.0853 e. The van der Waals surface area contributed by atoms with Gasteiger partial charge in [-0.15, -0.1) is 0 Å². The molecule has 0 radical (unpaired) electrons. The van der Waals surface area contributed by atoms with Crippen LogP contribution in [0.15, 0.2) is 0 Å². The van der Waals surface area contributed by atoms with Crippen LogP contribution in [0.3, 0.4) is 0 Å². The van der Waals surface area contributed by atoms with Crippen molar-refractivity contribution in [3.05, 3.63) is 0 Å². The van der Waals surface area contributed by atoms with Gasteiger partial charge in [-0.1, -0.05) is 0 Å². The first-order chi connectivity index (χ1) is 4.27. The monoisotopic (exact) mass is 164 g/mol. The molecule has 0 bridgehead atoms. The van der Waals surface area contributed by atoms with Crippen molar-refractivity contribution in [1.29, 1.82) is 0 Å². The quantitative estimate of drug-likeness (QED) is 0.560. The number of rotatable bonds is 2. The molecule has 62 valence electrons. The van der Waals surface area contributed by atoms with E-state index in [0.29, 0.717) is 0 Å². The van der Waals surface area contributed by atoms with Crippen molar-refractivity contribution < 1.29 is 4.21 Å². The molecule has 0 saturated heterocycles.